The van der Waals surface area contributed by atoms with Crippen LogP contribution in [0.15, 0.2) is 42.7 Å². The molecule has 2 atom stereocenters. The van der Waals surface area contributed by atoms with Gasteiger partial charge in [-0.2, -0.15) is 5.10 Å². The van der Waals surface area contributed by atoms with Crippen molar-refractivity contribution in [2.24, 2.45) is 5.92 Å². The highest BCUT2D eigenvalue weighted by molar-refractivity contribution is 5.33. The third kappa shape index (κ3) is 3.26. The average Bonchev–Trinajstić information content (AvgIpc) is 3.11. The normalized spacial score (nSPS) is 22.2. The minimum absolute atomic E-state index is 0.0739. The summed E-state index contributed by atoms with van der Waals surface area (Å²) in [6, 6.07) is 10.4. The number of nitrogens with one attached hydrogen (secondary N) is 1. The molecule has 3 rings (SSSR count). The van der Waals surface area contributed by atoms with Crippen LogP contribution in [0.2, 0.25) is 0 Å². The van der Waals surface area contributed by atoms with Crippen LogP contribution >= 0.6 is 0 Å². The maximum atomic E-state index is 9.50. The van der Waals surface area contributed by atoms with Crippen molar-refractivity contribution in [3.63, 3.8) is 0 Å². The molecule has 2 N–H and O–H groups in total. The molecule has 1 aliphatic carbocycles. The summed E-state index contributed by atoms with van der Waals surface area (Å²) in [5.41, 5.74) is 2.36. The Morgan fingerprint density at radius 2 is 2.10 bits per heavy atom. The second kappa shape index (κ2) is 6.20. The predicted molar refractivity (Wildman–Crippen MR) is 78.6 cm³/mol. The molecule has 1 aromatic carbocycles. The van der Waals surface area contributed by atoms with E-state index in [0.717, 1.165) is 38.0 Å². The first-order chi connectivity index (χ1) is 9.81. The Hall–Kier alpha value is -1.65. The topological polar surface area (TPSA) is 50.1 Å². The summed E-state index contributed by atoms with van der Waals surface area (Å²) >= 11 is 0. The fourth-order valence-electron chi connectivity index (χ4n) is 2.84. The van der Waals surface area contributed by atoms with Crippen molar-refractivity contribution in [3.05, 3.63) is 48.3 Å². The molecule has 0 saturated heterocycles. The van der Waals surface area contributed by atoms with Gasteiger partial charge in [-0.1, -0.05) is 12.1 Å². The van der Waals surface area contributed by atoms with Gasteiger partial charge in [0.1, 0.15) is 0 Å². The zero-order valence-corrected chi connectivity index (χ0v) is 11.6. The molecule has 2 aromatic rings. The van der Waals surface area contributed by atoms with E-state index in [0.29, 0.717) is 5.92 Å². The molecule has 106 valence electrons. The lowest BCUT2D eigenvalue weighted by atomic mass is 10.1. The molecule has 0 bridgehead atoms. The molecule has 1 fully saturated rings. The second-order valence-electron chi connectivity index (χ2n) is 5.58. The summed E-state index contributed by atoms with van der Waals surface area (Å²) < 4.78 is 1.86. The first-order valence-electron chi connectivity index (χ1n) is 7.29. The first kappa shape index (κ1) is 13.3. The van der Waals surface area contributed by atoms with Crippen molar-refractivity contribution >= 4 is 0 Å². The Morgan fingerprint density at radius 3 is 2.75 bits per heavy atom. The van der Waals surface area contributed by atoms with Gasteiger partial charge < -0.3 is 10.4 Å². The SMILES string of the molecule is OC1CCC(CNCc2ccc(-n3cccn3)cc2)C1. The zero-order chi connectivity index (χ0) is 13.8. The maximum Gasteiger partial charge on any atom is 0.0645 e. The Kier molecular flexibility index (Phi) is 4.14. The van der Waals surface area contributed by atoms with Crippen molar-refractivity contribution in [2.45, 2.75) is 31.9 Å². The maximum absolute atomic E-state index is 9.50. The fraction of sp³-hybridized carbons (Fsp3) is 0.438. The molecule has 1 saturated carbocycles. The van der Waals surface area contributed by atoms with Gasteiger partial charge in [-0.15, -0.1) is 0 Å². The summed E-state index contributed by atoms with van der Waals surface area (Å²) in [6.07, 6.45) is 6.71. The second-order valence-corrected chi connectivity index (χ2v) is 5.58. The van der Waals surface area contributed by atoms with Gasteiger partial charge >= 0.3 is 0 Å². The van der Waals surface area contributed by atoms with Crippen molar-refractivity contribution in [3.8, 4) is 5.69 Å². The van der Waals surface area contributed by atoms with Crippen LogP contribution in [0.4, 0.5) is 0 Å². The molecule has 0 aliphatic heterocycles. The Morgan fingerprint density at radius 1 is 1.25 bits per heavy atom. The average molecular weight is 271 g/mol. The highest BCUT2D eigenvalue weighted by Crippen LogP contribution is 2.24. The van der Waals surface area contributed by atoms with Gasteiger partial charge in [0.2, 0.25) is 0 Å². The molecule has 1 heterocycles. The fourth-order valence-corrected chi connectivity index (χ4v) is 2.84. The Balaban J connectivity index is 1.49. The van der Waals surface area contributed by atoms with Crippen molar-refractivity contribution < 1.29 is 5.11 Å². The predicted octanol–water partition coefficient (Wildman–Crippen LogP) is 2.12. The molecule has 20 heavy (non-hydrogen) atoms. The number of benzene rings is 1. The number of aromatic nitrogens is 2. The molecule has 0 radical (unpaired) electrons. The number of aliphatic hydroxyl groups is 1. The summed E-state index contributed by atoms with van der Waals surface area (Å²) in [4.78, 5) is 0. The molecule has 1 aliphatic rings. The first-order valence-corrected chi connectivity index (χ1v) is 7.29. The smallest absolute Gasteiger partial charge is 0.0645 e. The van der Waals surface area contributed by atoms with Crippen molar-refractivity contribution in [2.75, 3.05) is 6.54 Å². The summed E-state index contributed by atoms with van der Waals surface area (Å²) in [5.74, 6) is 0.633. The zero-order valence-electron chi connectivity index (χ0n) is 11.6. The Bertz CT molecular complexity index is 521. The monoisotopic (exact) mass is 271 g/mol. The van der Waals surface area contributed by atoms with Gasteiger partial charge in [0.15, 0.2) is 0 Å². The third-order valence-corrected chi connectivity index (χ3v) is 3.98. The van der Waals surface area contributed by atoms with Crippen molar-refractivity contribution in [1.29, 1.82) is 0 Å². The van der Waals surface area contributed by atoms with E-state index in [4.69, 9.17) is 0 Å². The molecule has 1 aromatic heterocycles. The van der Waals surface area contributed by atoms with Crippen LogP contribution in [-0.2, 0) is 6.54 Å². The molecule has 0 spiro atoms. The number of aliphatic hydroxyl groups excluding tert-OH is 1. The molecule has 4 heteroatoms. The third-order valence-electron chi connectivity index (χ3n) is 3.98. The van der Waals surface area contributed by atoms with E-state index < -0.39 is 0 Å². The van der Waals surface area contributed by atoms with E-state index in [9.17, 15) is 5.11 Å². The number of hydrogen-bond acceptors (Lipinski definition) is 3. The lowest BCUT2D eigenvalue weighted by Gasteiger charge is -2.11. The van der Waals surface area contributed by atoms with Gasteiger partial charge in [-0.05, 0) is 55.5 Å². The summed E-state index contributed by atoms with van der Waals surface area (Å²) in [6.45, 7) is 1.88. The molecule has 2 unspecified atom stereocenters. The molecule has 4 nitrogen and oxygen atoms in total. The summed E-state index contributed by atoms with van der Waals surface area (Å²) in [5, 5.41) is 17.2. The molecular weight excluding hydrogens is 250 g/mol. The quantitative estimate of drug-likeness (QED) is 0.876. The highest BCUT2D eigenvalue weighted by atomic mass is 16.3. The van der Waals surface area contributed by atoms with Crippen LogP contribution in [0, 0.1) is 5.92 Å². The van der Waals surface area contributed by atoms with Crippen LogP contribution in [-0.4, -0.2) is 27.5 Å². The number of nitrogens with zero attached hydrogens (tertiary/aromatic N) is 2. The van der Waals surface area contributed by atoms with E-state index in [1.165, 1.54) is 5.56 Å². The Labute approximate surface area is 119 Å². The standard InChI is InChI=1S/C16H21N3O/c20-16-7-4-14(10-16)12-17-11-13-2-5-15(6-3-13)19-9-1-8-18-19/h1-3,5-6,8-9,14,16-17,20H,4,7,10-12H2. The minimum Gasteiger partial charge on any atom is -0.393 e. The van der Waals surface area contributed by atoms with E-state index in [1.807, 2.05) is 16.9 Å². The largest absolute Gasteiger partial charge is 0.393 e. The lowest BCUT2D eigenvalue weighted by Crippen LogP contribution is -2.21. The number of hydrogen-bond donors (Lipinski definition) is 2. The van der Waals surface area contributed by atoms with Crippen LogP contribution in [0.5, 0.6) is 0 Å². The van der Waals surface area contributed by atoms with Crippen LogP contribution in [0.3, 0.4) is 0 Å². The minimum atomic E-state index is -0.0739. The summed E-state index contributed by atoms with van der Waals surface area (Å²) in [7, 11) is 0. The number of rotatable bonds is 5. The molecular formula is C16H21N3O. The molecule has 0 amide bonds. The van der Waals surface area contributed by atoms with Crippen LogP contribution in [0.1, 0.15) is 24.8 Å². The van der Waals surface area contributed by atoms with E-state index in [-0.39, 0.29) is 6.10 Å². The van der Waals surface area contributed by atoms with E-state index in [2.05, 4.69) is 34.7 Å². The van der Waals surface area contributed by atoms with E-state index >= 15 is 0 Å². The van der Waals surface area contributed by atoms with Crippen LogP contribution < -0.4 is 5.32 Å². The van der Waals surface area contributed by atoms with Gasteiger partial charge in [-0.3, -0.25) is 0 Å². The highest BCUT2D eigenvalue weighted by Gasteiger charge is 2.21. The van der Waals surface area contributed by atoms with Gasteiger partial charge in [0.05, 0.1) is 11.8 Å². The van der Waals surface area contributed by atoms with Crippen LogP contribution in [0.25, 0.3) is 5.69 Å². The van der Waals surface area contributed by atoms with Gasteiger partial charge in [0, 0.05) is 18.9 Å². The van der Waals surface area contributed by atoms with Gasteiger partial charge in [0.25, 0.3) is 0 Å². The van der Waals surface area contributed by atoms with Crippen molar-refractivity contribution in [1.82, 2.24) is 15.1 Å². The van der Waals surface area contributed by atoms with Gasteiger partial charge in [-0.25, -0.2) is 4.68 Å². The lowest BCUT2D eigenvalue weighted by molar-refractivity contribution is 0.177. The van der Waals surface area contributed by atoms with E-state index in [1.54, 1.807) is 6.20 Å².